The Morgan fingerprint density at radius 3 is 2.50 bits per heavy atom. The highest BCUT2D eigenvalue weighted by atomic mass is 16.5. The summed E-state index contributed by atoms with van der Waals surface area (Å²) in [7, 11) is 0. The molecule has 0 saturated carbocycles. The molecule has 0 atom stereocenters. The van der Waals surface area contributed by atoms with E-state index in [4.69, 9.17) is 9.47 Å². The van der Waals surface area contributed by atoms with Gasteiger partial charge in [-0.25, -0.2) is 19.4 Å². The fraction of sp³-hybridized carbons (Fsp3) is 0.524. The average Bonchev–Trinajstić information content (AvgIpc) is 3.10. The van der Waals surface area contributed by atoms with Crippen LogP contribution in [0.15, 0.2) is 24.5 Å². The minimum absolute atomic E-state index is 0.0349. The number of ether oxygens (including phenoxy) is 2. The third kappa shape index (κ3) is 7.90. The van der Waals surface area contributed by atoms with E-state index in [-0.39, 0.29) is 12.2 Å². The monoisotopic (exact) mass is 388 g/mol. The SMILES string of the molecule is CC.CCCc1cc(-c2ncn(/C=C\C(=O)OC(C)C)n2)cc(OC(C)C)n1. The first-order chi connectivity index (χ1) is 13.4. The van der Waals surface area contributed by atoms with Gasteiger partial charge in [-0.15, -0.1) is 5.10 Å². The van der Waals surface area contributed by atoms with Crippen molar-refractivity contribution >= 4 is 12.2 Å². The number of aromatic nitrogens is 4. The highest BCUT2D eigenvalue weighted by Gasteiger charge is 2.10. The van der Waals surface area contributed by atoms with Gasteiger partial charge in [-0.3, -0.25) is 0 Å². The number of nitrogens with zero attached hydrogens (tertiary/aromatic N) is 4. The molecule has 0 aliphatic heterocycles. The Kier molecular flexibility index (Phi) is 9.92. The zero-order chi connectivity index (χ0) is 21.1. The predicted molar refractivity (Wildman–Crippen MR) is 111 cm³/mol. The maximum atomic E-state index is 11.6. The molecule has 154 valence electrons. The van der Waals surface area contributed by atoms with Crippen LogP contribution in [0.4, 0.5) is 0 Å². The number of pyridine rings is 1. The average molecular weight is 389 g/mol. The van der Waals surface area contributed by atoms with Crippen LogP contribution in [-0.2, 0) is 16.0 Å². The number of aryl methyl sites for hydroxylation is 1. The van der Waals surface area contributed by atoms with Crippen LogP contribution in [0, 0.1) is 0 Å². The molecule has 2 aromatic heterocycles. The number of hydrogen-bond donors (Lipinski definition) is 0. The molecule has 0 aliphatic carbocycles. The number of esters is 1. The van der Waals surface area contributed by atoms with E-state index in [1.54, 1.807) is 13.8 Å². The maximum absolute atomic E-state index is 11.6. The van der Waals surface area contributed by atoms with Crippen LogP contribution in [0.5, 0.6) is 5.88 Å². The molecule has 0 N–H and O–H groups in total. The van der Waals surface area contributed by atoms with Gasteiger partial charge in [-0.05, 0) is 40.2 Å². The summed E-state index contributed by atoms with van der Waals surface area (Å²) in [5.41, 5.74) is 1.77. The molecule has 0 spiro atoms. The standard InChI is InChI=1S/C19H26N4O3.C2H6/c1-6-7-16-10-15(11-17(21-16)25-13(2)3)19-20-12-23(22-19)9-8-18(24)26-14(4)5;1-2/h8-14H,6-7H2,1-5H3;1-2H3/b9-8-;. The lowest BCUT2D eigenvalue weighted by atomic mass is 10.1. The van der Waals surface area contributed by atoms with Gasteiger partial charge in [0.2, 0.25) is 5.88 Å². The molecule has 0 fully saturated rings. The summed E-state index contributed by atoms with van der Waals surface area (Å²) in [6.45, 7) is 13.6. The predicted octanol–water partition coefficient (Wildman–Crippen LogP) is 4.53. The Hall–Kier alpha value is -2.70. The smallest absolute Gasteiger partial charge is 0.332 e. The molecule has 2 rings (SSSR count). The van der Waals surface area contributed by atoms with Gasteiger partial charge in [0, 0.05) is 29.6 Å². The molecule has 7 heteroatoms. The first-order valence-electron chi connectivity index (χ1n) is 9.85. The van der Waals surface area contributed by atoms with Gasteiger partial charge >= 0.3 is 5.97 Å². The summed E-state index contributed by atoms with van der Waals surface area (Å²) >= 11 is 0. The van der Waals surface area contributed by atoms with Crippen LogP contribution in [-0.4, -0.2) is 37.9 Å². The zero-order valence-corrected chi connectivity index (χ0v) is 18.0. The highest BCUT2D eigenvalue weighted by Crippen LogP contribution is 2.22. The second kappa shape index (κ2) is 11.9. The van der Waals surface area contributed by atoms with Crippen molar-refractivity contribution in [3.8, 4) is 17.3 Å². The lowest BCUT2D eigenvalue weighted by Gasteiger charge is -2.11. The lowest BCUT2D eigenvalue weighted by molar-refractivity contribution is -0.141. The third-order valence-electron chi connectivity index (χ3n) is 3.20. The number of carbonyl (C=O) groups excluding carboxylic acids is 1. The number of carbonyl (C=O) groups is 1. The largest absolute Gasteiger partial charge is 0.475 e. The molecule has 0 aromatic carbocycles. The summed E-state index contributed by atoms with van der Waals surface area (Å²) in [5.74, 6) is 0.687. The van der Waals surface area contributed by atoms with Crippen molar-refractivity contribution in [1.82, 2.24) is 19.7 Å². The van der Waals surface area contributed by atoms with Gasteiger partial charge in [0.05, 0.1) is 12.2 Å². The maximum Gasteiger partial charge on any atom is 0.332 e. The fourth-order valence-electron chi connectivity index (χ4n) is 2.26. The van der Waals surface area contributed by atoms with Gasteiger partial charge in [0.25, 0.3) is 0 Å². The zero-order valence-electron chi connectivity index (χ0n) is 18.0. The number of hydrogen-bond acceptors (Lipinski definition) is 6. The Bertz CT molecular complexity index is 767. The summed E-state index contributed by atoms with van der Waals surface area (Å²) in [6.07, 6.45) is 6.09. The van der Waals surface area contributed by atoms with E-state index >= 15 is 0 Å². The van der Waals surface area contributed by atoms with Crippen molar-refractivity contribution in [2.45, 2.75) is 73.5 Å². The molecule has 0 saturated heterocycles. The molecule has 2 aromatic rings. The van der Waals surface area contributed by atoms with Crippen LogP contribution in [0.2, 0.25) is 0 Å². The third-order valence-corrected chi connectivity index (χ3v) is 3.20. The Morgan fingerprint density at radius 2 is 1.89 bits per heavy atom. The first-order valence-corrected chi connectivity index (χ1v) is 9.85. The van der Waals surface area contributed by atoms with Crippen molar-refractivity contribution in [3.05, 3.63) is 30.2 Å². The lowest BCUT2D eigenvalue weighted by Crippen LogP contribution is -2.08. The Balaban J connectivity index is 0.00000190. The van der Waals surface area contributed by atoms with Crippen molar-refractivity contribution < 1.29 is 14.3 Å². The number of rotatable bonds is 8. The molecule has 0 amide bonds. The van der Waals surface area contributed by atoms with E-state index in [0.717, 1.165) is 24.1 Å². The van der Waals surface area contributed by atoms with Crippen LogP contribution in [0.1, 0.15) is 60.6 Å². The van der Waals surface area contributed by atoms with Crippen molar-refractivity contribution in [1.29, 1.82) is 0 Å². The first kappa shape index (κ1) is 23.3. The van der Waals surface area contributed by atoms with E-state index in [2.05, 4.69) is 22.0 Å². The van der Waals surface area contributed by atoms with E-state index < -0.39 is 5.97 Å². The molecular formula is C21H32N4O3. The summed E-state index contributed by atoms with van der Waals surface area (Å²) in [6, 6.07) is 3.79. The van der Waals surface area contributed by atoms with Gasteiger partial charge in [-0.1, -0.05) is 27.2 Å². The molecule has 0 unspecified atom stereocenters. The topological polar surface area (TPSA) is 79.1 Å². The van der Waals surface area contributed by atoms with E-state index in [0.29, 0.717) is 11.7 Å². The van der Waals surface area contributed by atoms with Crippen molar-refractivity contribution in [2.75, 3.05) is 0 Å². The van der Waals surface area contributed by atoms with Crippen molar-refractivity contribution in [3.63, 3.8) is 0 Å². The van der Waals surface area contributed by atoms with Crippen LogP contribution >= 0.6 is 0 Å². The molecular weight excluding hydrogens is 356 g/mol. The van der Waals surface area contributed by atoms with Crippen LogP contribution < -0.4 is 4.74 Å². The molecule has 0 radical (unpaired) electrons. The highest BCUT2D eigenvalue weighted by molar-refractivity contribution is 5.85. The summed E-state index contributed by atoms with van der Waals surface area (Å²) in [5, 5.41) is 4.38. The van der Waals surface area contributed by atoms with Crippen LogP contribution in [0.3, 0.4) is 0 Å². The van der Waals surface area contributed by atoms with Gasteiger partial charge in [-0.2, -0.15) is 0 Å². The molecule has 28 heavy (non-hydrogen) atoms. The van der Waals surface area contributed by atoms with Gasteiger partial charge < -0.3 is 9.47 Å². The molecule has 7 nitrogen and oxygen atoms in total. The molecule has 2 heterocycles. The summed E-state index contributed by atoms with van der Waals surface area (Å²) in [4.78, 5) is 20.4. The van der Waals surface area contributed by atoms with Gasteiger partial charge in [0.1, 0.15) is 6.33 Å². The van der Waals surface area contributed by atoms with Crippen LogP contribution in [0.25, 0.3) is 17.6 Å². The van der Waals surface area contributed by atoms with E-state index in [9.17, 15) is 4.79 Å². The fourth-order valence-corrected chi connectivity index (χ4v) is 2.26. The van der Waals surface area contributed by atoms with E-state index in [1.165, 1.54) is 23.3 Å². The molecule has 0 aliphatic rings. The summed E-state index contributed by atoms with van der Waals surface area (Å²) < 4.78 is 12.3. The Labute approximate surface area is 167 Å². The molecule has 0 bridgehead atoms. The minimum Gasteiger partial charge on any atom is -0.475 e. The van der Waals surface area contributed by atoms with Crippen molar-refractivity contribution in [2.24, 2.45) is 0 Å². The second-order valence-electron chi connectivity index (χ2n) is 6.45. The minimum atomic E-state index is -0.418. The van der Waals surface area contributed by atoms with Gasteiger partial charge in [0.15, 0.2) is 5.82 Å². The quantitative estimate of drug-likeness (QED) is 0.488. The second-order valence-corrected chi connectivity index (χ2v) is 6.45. The van der Waals surface area contributed by atoms with E-state index in [1.807, 2.05) is 39.8 Å². The normalized spacial score (nSPS) is 10.9. The Morgan fingerprint density at radius 1 is 1.18 bits per heavy atom.